The zero-order valence-corrected chi connectivity index (χ0v) is 18.2. The number of benzene rings is 2. The number of furan rings is 1. The molecule has 0 saturated carbocycles. The van der Waals surface area contributed by atoms with Gasteiger partial charge in [-0.25, -0.2) is 4.98 Å². The van der Waals surface area contributed by atoms with E-state index in [1.54, 1.807) is 19.4 Å². The zero-order valence-electron chi connectivity index (χ0n) is 17.4. The Bertz CT molecular complexity index is 1140. The van der Waals surface area contributed by atoms with Gasteiger partial charge in [-0.15, -0.1) is 11.3 Å². The molecule has 31 heavy (non-hydrogen) atoms. The average Bonchev–Trinajstić information content (AvgIpc) is 3.49. The monoisotopic (exact) mass is 433 g/mol. The number of nitrogens with one attached hydrogen (secondary N) is 1. The molecule has 0 aliphatic heterocycles. The predicted molar refractivity (Wildman–Crippen MR) is 123 cm³/mol. The number of para-hydroxylation sites is 2. The van der Waals surface area contributed by atoms with Crippen LogP contribution in [-0.2, 0) is 11.3 Å². The van der Waals surface area contributed by atoms with E-state index in [-0.39, 0.29) is 12.5 Å². The number of aromatic nitrogens is 1. The fourth-order valence-electron chi connectivity index (χ4n) is 3.15. The summed E-state index contributed by atoms with van der Waals surface area (Å²) >= 11 is 1.49. The number of aryl methyl sites for hydroxylation is 1. The van der Waals surface area contributed by atoms with Crippen molar-refractivity contribution in [3.8, 4) is 17.0 Å². The molecule has 4 rings (SSSR count). The van der Waals surface area contributed by atoms with Gasteiger partial charge in [0, 0.05) is 10.9 Å². The van der Waals surface area contributed by atoms with Crippen LogP contribution >= 0.6 is 11.3 Å². The van der Waals surface area contributed by atoms with Gasteiger partial charge < -0.3 is 19.4 Å². The van der Waals surface area contributed by atoms with Crippen molar-refractivity contribution in [2.75, 3.05) is 18.6 Å². The molecule has 0 fully saturated rings. The number of nitrogens with zero attached hydrogens (tertiary/aromatic N) is 2. The van der Waals surface area contributed by atoms with E-state index >= 15 is 0 Å². The summed E-state index contributed by atoms with van der Waals surface area (Å²) in [6.45, 7) is 2.49. The van der Waals surface area contributed by atoms with E-state index in [2.05, 4.69) is 36.5 Å². The summed E-state index contributed by atoms with van der Waals surface area (Å²) in [5.74, 6) is 1.23. The van der Waals surface area contributed by atoms with Crippen molar-refractivity contribution in [2.45, 2.75) is 13.5 Å². The Morgan fingerprint density at radius 2 is 1.94 bits per heavy atom. The summed E-state index contributed by atoms with van der Waals surface area (Å²) in [6, 6.07) is 19.5. The fraction of sp³-hybridized carbons (Fsp3) is 0.167. The van der Waals surface area contributed by atoms with Gasteiger partial charge in [-0.2, -0.15) is 0 Å². The minimum Gasteiger partial charge on any atom is -0.495 e. The van der Waals surface area contributed by atoms with E-state index in [9.17, 15) is 4.79 Å². The topological polar surface area (TPSA) is 67.6 Å². The Labute approximate surface area is 185 Å². The number of methoxy groups -OCH3 is 1. The van der Waals surface area contributed by atoms with Crippen LogP contribution in [-0.4, -0.2) is 24.5 Å². The van der Waals surface area contributed by atoms with Crippen LogP contribution in [0, 0.1) is 6.92 Å². The second-order valence-corrected chi connectivity index (χ2v) is 7.83. The van der Waals surface area contributed by atoms with Gasteiger partial charge in [0.1, 0.15) is 18.1 Å². The molecular formula is C24H23N3O3S. The molecule has 6 nitrogen and oxygen atoms in total. The molecule has 0 atom stereocenters. The Morgan fingerprint density at radius 1 is 1.13 bits per heavy atom. The summed E-state index contributed by atoms with van der Waals surface area (Å²) in [6.07, 6.45) is 1.59. The van der Waals surface area contributed by atoms with Crippen molar-refractivity contribution >= 4 is 28.1 Å². The molecule has 2 aromatic carbocycles. The highest BCUT2D eigenvalue weighted by Gasteiger charge is 2.21. The SMILES string of the molecule is COc1ccccc1N(CC(=O)NCc1ccco1)c1nc(-c2ccc(C)cc2)cs1. The molecule has 0 aliphatic carbocycles. The molecule has 1 amide bonds. The summed E-state index contributed by atoms with van der Waals surface area (Å²) in [7, 11) is 1.62. The molecule has 1 N–H and O–H groups in total. The third-order valence-electron chi connectivity index (χ3n) is 4.79. The fourth-order valence-corrected chi connectivity index (χ4v) is 4.00. The van der Waals surface area contributed by atoms with E-state index in [1.165, 1.54) is 16.9 Å². The molecule has 0 radical (unpaired) electrons. The first-order valence-electron chi connectivity index (χ1n) is 9.86. The van der Waals surface area contributed by atoms with Crippen molar-refractivity contribution < 1.29 is 13.9 Å². The molecule has 158 valence electrons. The van der Waals surface area contributed by atoms with Crippen LogP contribution < -0.4 is 15.0 Å². The van der Waals surface area contributed by atoms with Crippen molar-refractivity contribution in [2.24, 2.45) is 0 Å². The lowest BCUT2D eigenvalue weighted by Crippen LogP contribution is -2.34. The van der Waals surface area contributed by atoms with Gasteiger partial charge in [0.25, 0.3) is 0 Å². The van der Waals surface area contributed by atoms with Gasteiger partial charge in [-0.05, 0) is 31.2 Å². The number of carbonyl (C=O) groups excluding carboxylic acids is 1. The summed E-state index contributed by atoms with van der Waals surface area (Å²) < 4.78 is 10.8. The first kappa shape index (κ1) is 20.7. The second-order valence-electron chi connectivity index (χ2n) is 7.00. The van der Waals surface area contributed by atoms with Crippen molar-refractivity contribution in [3.63, 3.8) is 0 Å². The number of anilines is 2. The Kier molecular flexibility index (Phi) is 6.33. The minimum absolute atomic E-state index is 0.0991. The van der Waals surface area contributed by atoms with E-state index in [4.69, 9.17) is 14.1 Å². The van der Waals surface area contributed by atoms with Crippen molar-refractivity contribution in [3.05, 3.63) is 83.6 Å². The predicted octanol–water partition coefficient (Wildman–Crippen LogP) is 5.17. The lowest BCUT2D eigenvalue weighted by molar-refractivity contribution is -0.119. The number of carbonyl (C=O) groups is 1. The molecule has 4 aromatic rings. The molecule has 0 saturated heterocycles. The first-order chi connectivity index (χ1) is 15.1. The smallest absolute Gasteiger partial charge is 0.240 e. The van der Waals surface area contributed by atoms with Crippen LogP contribution in [0.25, 0.3) is 11.3 Å². The Morgan fingerprint density at radius 3 is 2.68 bits per heavy atom. The number of ether oxygens (including phenoxy) is 1. The zero-order chi connectivity index (χ0) is 21.6. The number of amides is 1. The standard InChI is InChI=1S/C24H23N3O3S/c1-17-9-11-18(12-10-17)20-16-31-24(26-20)27(21-7-3-4-8-22(21)29-2)15-23(28)25-14-19-6-5-13-30-19/h3-13,16H,14-15H2,1-2H3,(H,25,28). The maximum atomic E-state index is 12.8. The average molecular weight is 434 g/mol. The van der Waals surface area contributed by atoms with Gasteiger partial charge in [0.05, 0.1) is 31.3 Å². The van der Waals surface area contributed by atoms with Crippen LogP contribution in [0.5, 0.6) is 5.75 Å². The largest absolute Gasteiger partial charge is 0.495 e. The van der Waals surface area contributed by atoms with Crippen molar-refractivity contribution in [1.82, 2.24) is 10.3 Å². The van der Waals surface area contributed by atoms with E-state index < -0.39 is 0 Å². The maximum Gasteiger partial charge on any atom is 0.240 e. The van der Waals surface area contributed by atoms with E-state index in [1.807, 2.05) is 40.6 Å². The summed E-state index contributed by atoms with van der Waals surface area (Å²) in [5, 5.41) is 5.62. The highest BCUT2D eigenvalue weighted by molar-refractivity contribution is 7.14. The second kappa shape index (κ2) is 9.49. The number of hydrogen-bond acceptors (Lipinski definition) is 6. The molecular weight excluding hydrogens is 410 g/mol. The normalized spacial score (nSPS) is 10.6. The van der Waals surface area contributed by atoms with Crippen LogP contribution in [0.15, 0.2) is 76.7 Å². The van der Waals surface area contributed by atoms with Gasteiger partial charge in [0.2, 0.25) is 5.91 Å². The van der Waals surface area contributed by atoms with E-state index in [0.29, 0.717) is 23.2 Å². The molecule has 0 bridgehead atoms. The summed E-state index contributed by atoms with van der Waals surface area (Å²) in [4.78, 5) is 19.4. The highest BCUT2D eigenvalue weighted by atomic mass is 32.1. The number of rotatable bonds is 8. The maximum absolute atomic E-state index is 12.8. The molecule has 2 aromatic heterocycles. The Balaban J connectivity index is 1.61. The van der Waals surface area contributed by atoms with E-state index in [0.717, 1.165) is 16.9 Å². The lowest BCUT2D eigenvalue weighted by atomic mass is 10.1. The number of hydrogen-bond donors (Lipinski definition) is 1. The van der Waals surface area contributed by atoms with Crippen LogP contribution in [0.3, 0.4) is 0 Å². The molecule has 0 spiro atoms. The number of thiazole rings is 1. The van der Waals surface area contributed by atoms with Gasteiger partial charge in [-0.3, -0.25) is 4.79 Å². The third-order valence-corrected chi connectivity index (χ3v) is 5.65. The molecule has 7 heteroatoms. The van der Waals surface area contributed by atoms with Crippen LogP contribution in [0.1, 0.15) is 11.3 Å². The third kappa shape index (κ3) is 4.95. The molecule has 2 heterocycles. The van der Waals surface area contributed by atoms with Gasteiger partial charge in [-0.1, -0.05) is 42.0 Å². The lowest BCUT2D eigenvalue weighted by Gasteiger charge is -2.23. The van der Waals surface area contributed by atoms with Gasteiger partial charge in [0.15, 0.2) is 5.13 Å². The van der Waals surface area contributed by atoms with Crippen LogP contribution in [0.4, 0.5) is 10.8 Å². The minimum atomic E-state index is -0.144. The highest BCUT2D eigenvalue weighted by Crippen LogP contribution is 2.36. The quantitative estimate of drug-likeness (QED) is 0.415. The van der Waals surface area contributed by atoms with Crippen LogP contribution in [0.2, 0.25) is 0 Å². The molecule has 0 unspecified atom stereocenters. The summed E-state index contributed by atoms with van der Waals surface area (Å²) in [5.41, 5.74) is 3.89. The first-order valence-corrected chi connectivity index (χ1v) is 10.7. The van der Waals surface area contributed by atoms with Gasteiger partial charge >= 0.3 is 0 Å². The Hall–Kier alpha value is -3.58. The molecule has 0 aliphatic rings. The van der Waals surface area contributed by atoms with Crippen molar-refractivity contribution in [1.29, 1.82) is 0 Å².